The van der Waals surface area contributed by atoms with Gasteiger partial charge in [-0.2, -0.15) is 13.2 Å². The molecule has 0 spiro atoms. The molecule has 0 heterocycles. The topological polar surface area (TPSA) is 12.0 Å². The molecule has 0 amide bonds. The first-order valence-corrected chi connectivity index (χ1v) is 9.54. The minimum Gasteiger partial charge on any atom is -0.310 e. The molecule has 1 N–H and O–H groups in total. The van der Waals surface area contributed by atoms with Gasteiger partial charge in [-0.1, -0.05) is 67.6 Å². The van der Waals surface area contributed by atoms with Crippen LogP contribution in [-0.4, -0.2) is 12.7 Å². The zero-order valence-corrected chi connectivity index (χ0v) is 15.8. The quantitative estimate of drug-likeness (QED) is 0.564. The van der Waals surface area contributed by atoms with Crippen LogP contribution >= 0.6 is 0 Å². The van der Waals surface area contributed by atoms with Crippen molar-refractivity contribution in [2.45, 2.75) is 38.9 Å². The fourth-order valence-electron chi connectivity index (χ4n) is 3.94. The zero-order chi connectivity index (χ0) is 19.4. The van der Waals surface area contributed by atoms with Gasteiger partial charge in [-0.15, -0.1) is 0 Å². The van der Waals surface area contributed by atoms with Crippen LogP contribution in [0.1, 0.15) is 38.3 Å². The van der Waals surface area contributed by atoms with Gasteiger partial charge in [-0.25, -0.2) is 0 Å². The van der Waals surface area contributed by atoms with Crippen molar-refractivity contribution in [3.8, 4) is 0 Å². The maximum atomic E-state index is 13.1. The lowest BCUT2D eigenvalue weighted by atomic mass is 9.80. The zero-order valence-electron chi connectivity index (χ0n) is 15.8. The third-order valence-corrected chi connectivity index (χ3v) is 5.55. The molecule has 3 unspecified atom stereocenters. The molecule has 27 heavy (non-hydrogen) atoms. The van der Waals surface area contributed by atoms with E-state index in [-0.39, 0.29) is 12.0 Å². The van der Waals surface area contributed by atoms with Gasteiger partial charge in [-0.3, -0.25) is 0 Å². The summed E-state index contributed by atoms with van der Waals surface area (Å²) in [5.74, 6) is -0.535. The Morgan fingerprint density at radius 2 is 1.81 bits per heavy atom. The Morgan fingerprint density at radius 1 is 1.07 bits per heavy atom. The molecule has 3 rings (SSSR count). The van der Waals surface area contributed by atoms with Gasteiger partial charge in [0.05, 0.1) is 0 Å². The third-order valence-electron chi connectivity index (χ3n) is 5.55. The third kappa shape index (κ3) is 4.62. The summed E-state index contributed by atoms with van der Waals surface area (Å²) in [6, 6.07) is 14.8. The van der Waals surface area contributed by atoms with E-state index in [0.29, 0.717) is 0 Å². The van der Waals surface area contributed by atoms with Crippen molar-refractivity contribution in [2.24, 2.45) is 11.8 Å². The average Bonchev–Trinajstić information content (AvgIpc) is 2.64. The first-order chi connectivity index (χ1) is 12.9. The number of nitrogens with one attached hydrogen (secondary N) is 1. The highest BCUT2D eigenvalue weighted by Gasteiger charge is 2.39. The summed E-state index contributed by atoms with van der Waals surface area (Å²) < 4.78 is 39.2. The van der Waals surface area contributed by atoms with Crippen LogP contribution in [-0.2, 0) is 0 Å². The Balaban J connectivity index is 1.53. The molecule has 1 aliphatic carbocycles. The van der Waals surface area contributed by atoms with E-state index in [2.05, 4.69) is 42.6 Å². The Bertz CT molecular complexity index is 830. The van der Waals surface area contributed by atoms with E-state index >= 15 is 0 Å². The molecule has 0 saturated heterocycles. The van der Waals surface area contributed by atoms with E-state index in [0.717, 1.165) is 19.4 Å². The van der Waals surface area contributed by atoms with Crippen LogP contribution in [0.15, 0.2) is 66.3 Å². The van der Waals surface area contributed by atoms with Crippen LogP contribution in [0.3, 0.4) is 0 Å². The minimum absolute atomic E-state index is 0.0544. The first-order valence-electron chi connectivity index (χ1n) is 9.54. The lowest BCUT2D eigenvalue weighted by molar-refractivity contribution is -0.100. The number of alkyl halides is 3. The van der Waals surface area contributed by atoms with E-state index in [9.17, 15) is 13.2 Å². The summed E-state index contributed by atoms with van der Waals surface area (Å²) in [5, 5.41) is 5.98. The second-order valence-electron chi connectivity index (χ2n) is 7.34. The molecule has 0 aliphatic heterocycles. The van der Waals surface area contributed by atoms with E-state index in [1.807, 2.05) is 18.2 Å². The van der Waals surface area contributed by atoms with Crippen LogP contribution in [0, 0.1) is 11.8 Å². The van der Waals surface area contributed by atoms with Crippen LogP contribution in [0.5, 0.6) is 0 Å². The monoisotopic (exact) mass is 373 g/mol. The van der Waals surface area contributed by atoms with Gasteiger partial charge in [0, 0.05) is 11.6 Å². The predicted molar refractivity (Wildman–Crippen MR) is 106 cm³/mol. The summed E-state index contributed by atoms with van der Waals surface area (Å²) >= 11 is 0. The van der Waals surface area contributed by atoms with Gasteiger partial charge >= 0.3 is 6.18 Å². The van der Waals surface area contributed by atoms with Gasteiger partial charge in [0.2, 0.25) is 0 Å². The number of hydrogen-bond acceptors (Lipinski definition) is 1. The normalized spacial score (nSPS) is 21.3. The number of allylic oxidation sites excluding steroid dienone is 4. The predicted octanol–water partition coefficient (Wildman–Crippen LogP) is 6.58. The van der Waals surface area contributed by atoms with Gasteiger partial charge < -0.3 is 5.32 Å². The lowest BCUT2D eigenvalue weighted by Crippen LogP contribution is -2.26. The van der Waals surface area contributed by atoms with E-state index in [4.69, 9.17) is 0 Å². The van der Waals surface area contributed by atoms with Crippen molar-refractivity contribution in [3.63, 3.8) is 0 Å². The van der Waals surface area contributed by atoms with Gasteiger partial charge in [0.25, 0.3) is 0 Å². The largest absolute Gasteiger partial charge is 0.412 e. The number of benzene rings is 2. The van der Waals surface area contributed by atoms with E-state index < -0.39 is 17.7 Å². The Labute approximate surface area is 159 Å². The molecule has 0 aromatic heterocycles. The van der Waals surface area contributed by atoms with Crippen LogP contribution < -0.4 is 5.32 Å². The SMILES string of the molecule is CC(NCCCC1C=CC=C(C(F)(F)F)C1C)c1cccc2ccccc12. The van der Waals surface area contributed by atoms with Crippen molar-refractivity contribution in [1.29, 1.82) is 0 Å². The average molecular weight is 373 g/mol. The van der Waals surface area contributed by atoms with Crippen molar-refractivity contribution in [1.82, 2.24) is 5.32 Å². The molecule has 0 saturated carbocycles. The molecule has 1 aliphatic rings. The number of hydrogen-bond donors (Lipinski definition) is 1. The highest BCUT2D eigenvalue weighted by molar-refractivity contribution is 5.86. The molecular weight excluding hydrogens is 347 g/mol. The van der Waals surface area contributed by atoms with E-state index in [1.54, 1.807) is 13.0 Å². The van der Waals surface area contributed by atoms with Gasteiger partial charge in [-0.05, 0) is 54.5 Å². The summed E-state index contributed by atoms with van der Waals surface area (Å²) in [6.07, 6.45) is 2.04. The van der Waals surface area contributed by atoms with Crippen molar-refractivity contribution >= 4 is 10.8 Å². The molecule has 3 atom stereocenters. The van der Waals surface area contributed by atoms with Crippen LogP contribution in [0.25, 0.3) is 10.8 Å². The molecule has 4 heteroatoms. The maximum Gasteiger partial charge on any atom is 0.412 e. The highest BCUT2D eigenvalue weighted by Crippen LogP contribution is 2.39. The molecule has 2 aromatic carbocycles. The molecular formula is C23H26F3N. The van der Waals surface area contributed by atoms with Crippen LogP contribution in [0.2, 0.25) is 0 Å². The van der Waals surface area contributed by atoms with Crippen molar-refractivity contribution in [2.75, 3.05) is 6.54 Å². The first kappa shape index (κ1) is 19.7. The van der Waals surface area contributed by atoms with Crippen molar-refractivity contribution in [3.05, 3.63) is 71.8 Å². The standard InChI is InChI=1S/C23H26F3N/c1-16-18(9-6-14-22(16)23(24,25)26)11-7-15-27-17(2)20-13-5-10-19-8-3-4-12-21(19)20/h3-6,8-10,12-14,16-18,27H,7,11,15H2,1-2H3. The van der Waals surface area contributed by atoms with Gasteiger partial charge in [0.15, 0.2) is 0 Å². The summed E-state index contributed by atoms with van der Waals surface area (Å²) in [6.45, 7) is 4.60. The highest BCUT2D eigenvalue weighted by atomic mass is 19.4. The Hall–Kier alpha value is -2.07. The second-order valence-corrected chi connectivity index (χ2v) is 7.34. The molecule has 0 fully saturated rings. The number of rotatable bonds is 6. The Kier molecular flexibility index (Phi) is 6.05. The second kappa shape index (κ2) is 8.30. The Morgan fingerprint density at radius 3 is 2.59 bits per heavy atom. The molecule has 1 nitrogen and oxygen atoms in total. The summed E-state index contributed by atoms with van der Waals surface area (Å²) in [7, 11) is 0. The maximum absolute atomic E-state index is 13.1. The fourth-order valence-corrected chi connectivity index (χ4v) is 3.94. The van der Waals surface area contributed by atoms with Crippen LogP contribution in [0.4, 0.5) is 13.2 Å². The minimum atomic E-state index is -4.23. The summed E-state index contributed by atoms with van der Waals surface area (Å²) in [4.78, 5) is 0. The molecule has 0 bridgehead atoms. The van der Waals surface area contributed by atoms with Crippen molar-refractivity contribution < 1.29 is 13.2 Å². The number of halogens is 3. The molecule has 144 valence electrons. The van der Waals surface area contributed by atoms with Gasteiger partial charge in [0.1, 0.15) is 0 Å². The number of fused-ring (bicyclic) bond motifs is 1. The lowest BCUT2D eigenvalue weighted by Gasteiger charge is -2.28. The molecule has 0 radical (unpaired) electrons. The smallest absolute Gasteiger partial charge is 0.310 e. The summed E-state index contributed by atoms with van der Waals surface area (Å²) in [5.41, 5.74) is 0.841. The fraction of sp³-hybridized carbons (Fsp3) is 0.391. The van der Waals surface area contributed by atoms with E-state index in [1.165, 1.54) is 22.4 Å². The molecule has 2 aromatic rings.